The molecule has 2 bridgehead atoms. The zero-order valence-electron chi connectivity index (χ0n) is 15.8. The minimum absolute atomic E-state index is 0.0387. The van der Waals surface area contributed by atoms with Crippen molar-refractivity contribution >= 4 is 5.97 Å². The van der Waals surface area contributed by atoms with Gasteiger partial charge in [-0.3, -0.25) is 0 Å². The fourth-order valence-corrected chi connectivity index (χ4v) is 5.46. The van der Waals surface area contributed by atoms with Crippen molar-refractivity contribution in [2.45, 2.75) is 81.6 Å². The first kappa shape index (κ1) is 18.0. The van der Waals surface area contributed by atoms with E-state index in [1.54, 1.807) is 0 Å². The predicted molar refractivity (Wildman–Crippen MR) is 101 cm³/mol. The van der Waals surface area contributed by atoms with Gasteiger partial charge < -0.3 is 14.7 Å². The van der Waals surface area contributed by atoms with Gasteiger partial charge in [0.2, 0.25) is 0 Å². The minimum Gasteiger partial charge on any atom is -0.460 e. The van der Waals surface area contributed by atoms with E-state index in [9.17, 15) is 9.90 Å². The summed E-state index contributed by atoms with van der Waals surface area (Å²) in [5, 5.41) is 11.6. The van der Waals surface area contributed by atoms with Gasteiger partial charge in [0.05, 0.1) is 0 Å². The van der Waals surface area contributed by atoms with Gasteiger partial charge in [0.1, 0.15) is 6.10 Å². The SMILES string of the molecule is CN1C2CCCC1CC(OC(=O)C(O)(c1ccccc1)C1CCCC1)C2. The molecule has 1 aliphatic carbocycles. The highest BCUT2D eigenvalue weighted by Crippen LogP contribution is 2.42. The molecule has 0 spiro atoms. The molecule has 4 rings (SSSR count). The van der Waals surface area contributed by atoms with E-state index in [4.69, 9.17) is 4.74 Å². The third-order valence-corrected chi connectivity index (χ3v) is 7.04. The number of ether oxygens (including phenoxy) is 1. The van der Waals surface area contributed by atoms with Gasteiger partial charge in [-0.2, -0.15) is 0 Å². The Balaban J connectivity index is 1.54. The minimum atomic E-state index is -1.50. The molecule has 2 heterocycles. The van der Waals surface area contributed by atoms with Crippen molar-refractivity contribution in [3.05, 3.63) is 35.9 Å². The van der Waals surface area contributed by atoms with Gasteiger partial charge in [-0.05, 0) is 51.1 Å². The zero-order valence-corrected chi connectivity index (χ0v) is 15.8. The van der Waals surface area contributed by atoms with Crippen molar-refractivity contribution in [2.24, 2.45) is 5.92 Å². The lowest BCUT2D eigenvalue weighted by Crippen LogP contribution is -2.53. The fourth-order valence-electron chi connectivity index (χ4n) is 5.46. The highest BCUT2D eigenvalue weighted by Gasteiger charge is 2.49. The molecule has 0 aromatic heterocycles. The number of fused-ring (bicyclic) bond motifs is 2. The summed E-state index contributed by atoms with van der Waals surface area (Å²) in [5.74, 6) is -0.466. The average molecular weight is 357 g/mol. The maximum absolute atomic E-state index is 13.2. The smallest absolute Gasteiger partial charge is 0.343 e. The molecule has 0 amide bonds. The van der Waals surface area contributed by atoms with Crippen LogP contribution >= 0.6 is 0 Å². The van der Waals surface area contributed by atoms with Crippen LogP contribution in [-0.4, -0.2) is 41.2 Å². The predicted octanol–water partition coefficient (Wildman–Crippen LogP) is 3.62. The van der Waals surface area contributed by atoms with Crippen LogP contribution in [-0.2, 0) is 15.1 Å². The highest BCUT2D eigenvalue weighted by molar-refractivity contribution is 5.81. The van der Waals surface area contributed by atoms with Crippen molar-refractivity contribution in [3.8, 4) is 0 Å². The maximum Gasteiger partial charge on any atom is 0.343 e. The third-order valence-electron chi connectivity index (χ3n) is 7.04. The van der Waals surface area contributed by atoms with Crippen LogP contribution in [0.2, 0.25) is 0 Å². The van der Waals surface area contributed by atoms with E-state index in [1.165, 1.54) is 19.3 Å². The molecular weight excluding hydrogens is 326 g/mol. The number of piperidine rings is 2. The van der Waals surface area contributed by atoms with Crippen molar-refractivity contribution in [1.29, 1.82) is 0 Å². The van der Waals surface area contributed by atoms with Gasteiger partial charge >= 0.3 is 5.97 Å². The molecule has 4 nitrogen and oxygen atoms in total. The monoisotopic (exact) mass is 357 g/mol. The number of hydrogen-bond acceptors (Lipinski definition) is 4. The molecule has 2 saturated heterocycles. The summed E-state index contributed by atoms with van der Waals surface area (Å²) in [6.45, 7) is 0. The second-order valence-electron chi connectivity index (χ2n) is 8.52. The summed E-state index contributed by atoms with van der Waals surface area (Å²) in [7, 11) is 2.20. The fraction of sp³-hybridized carbons (Fsp3) is 0.682. The Hall–Kier alpha value is -1.39. The molecule has 3 fully saturated rings. The van der Waals surface area contributed by atoms with Crippen LogP contribution in [0.4, 0.5) is 0 Å². The summed E-state index contributed by atoms with van der Waals surface area (Å²) in [6.07, 6.45) is 9.30. The molecule has 2 aliphatic heterocycles. The number of nitrogens with zero attached hydrogens (tertiary/aromatic N) is 1. The molecule has 1 N–H and O–H groups in total. The van der Waals surface area contributed by atoms with Gasteiger partial charge in [-0.15, -0.1) is 0 Å². The van der Waals surface area contributed by atoms with Crippen LogP contribution in [0.5, 0.6) is 0 Å². The highest BCUT2D eigenvalue weighted by atomic mass is 16.6. The van der Waals surface area contributed by atoms with Crippen molar-refractivity contribution in [1.82, 2.24) is 4.90 Å². The molecule has 1 saturated carbocycles. The standard InChI is InChI=1S/C22H31NO3/c1-23-18-12-7-13-19(23)15-20(14-18)26-21(24)22(25,17-10-5-6-11-17)16-8-3-2-4-9-16/h2-4,8-9,17-20,25H,5-7,10-15H2,1H3. The van der Waals surface area contributed by atoms with Crippen LogP contribution in [0.15, 0.2) is 30.3 Å². The maximum atomic E-state index is 13.2. The van der Waals surface area contributed by atoms with Gasteiger partial charge in [0.15, 0.2) is 5.60 Å². The van der Waals surface area contributed by atoms with Crippen LogP contribution in [0.25, 0.3) is 0 Å². The molecule has 1 aromatic rings. The lowest BCUT2D eigenvalue weighted by molar-refractivity contribution is -0.184. The quantitative estimate of drug-likeness (QED) is 0.836. The van der Waals surface area contributed by atoms with Crippen molar-refractivity contribution in [2.75, 3.05) is 7.05 Å². The summed E-state index contributed by atoms with van der Waals surface area (Å²) >= 11 is 0. The molecule has 3 aliphatic rings. The number of aliphatic hydroxyl groups is 1. The molecule has 3 atom stereocenters. The number of rotatable bonds is 4. The number of carbonyl (C=O) groups excluding carboxylic acids is 1. The van der Waals surface area contributed by atoms with E-state index >= 15 is 0 Å². The van der Waals surface area contributed by atoms with Crippen LogP contribution in [0.3, 0.4) is 0 Å². The Morgan fingerprint density at radius 2 is 1.65 bits per heavy atom. The summed E-state index contributed by atoms with van der Waals surface area (Å²) in [5.41, 5.74) is -0.819. The Bertz CT molecular complexity index is 614. The number of hydrogen-bond donors (Lipinski definition) is 1. The first-order chi connectivity index (χ1) is 12.6. The normalized spacial score (nSPS) is 32.2. The van der Waals surface area contributed by atoms with Crippen LogP contribution < -0.4 is 0 Å². The number of benzene rings is 1. The third kappa shape index (κ3) is 3.18. The van der Waals surface area contributed by atoms with E-state index in [-0.39, 0.29) is 12.0 Å². The molecule has 4 heteroatoms. The largest absolute Gasteiger partial charge is 0.460 e. The molecule has 1 aromatic carbocycles. The Morgan fingerprint density at radius 1 is 1.04 bits per heavy atom. The van der Waals surface area contributed by atoms with Gasteiger partial charge in [-0.25, -0.2) is 4.79 Å². The molecule has 26 heavy (non-hydrogen) atoms. The summed E-state index contributed by atoms with van der Waals surface area (Å²) in [6, 6.07) is 10.5. The first-order valence-electron chi connectivity index (χ1n) is 10.3. The zero-order chi connectivity index (χ0) is 18.1. The van der Waals surface area contributed by atoms with Crippen molar-refractivity contribution in [3.63, 3.8) is 0 Å². The molecule has 0 radical (unpaired) electrons. The molecular formula is C22H31NO3. The van der Waals surface area contributed by atoms with Crippen LogP contribution in [0.1, 0.15) is 63.4 Å². The Kier molecular flexibility index (Phi) is 5.07. The first-order valence-corrected chi connectivity index (χ1v) is 10.3. The second-order valence-corrected chi connectivity index (χ2v) is 8.52. The molecule has 142 valence electrons. The lowest BCUT2D eigenvalue weighted by atomic mass is 9.79. The van der Waals surface area contributed by atoms with E-state index in [2.05, 4.69) is 11.9 Å². The van der Waals surface area contributed by atoms with E-state index in [1.807, 2.05) is 30.3 Å². The lowest BCUT2D eigenvalue weighted by Gasteiger charge is -2.47. The number of esters is 1. The van der Waals surface area contributed by atoms with E-state index in [0.717, 1.165) is 38.5 Å². The van der Waals surface area contributed by atoms with Crippen LogP contribution in [0, 0.1) is 5.92 Å². The second kappa shape index (κ2) is 7.32. The van der Waals surface area contributed by atoms with E-state index < -0.39 is 11.6 Å². The van der Waals surface area contributed by atoms with Gasteiger partial charge in [-0.1, -0.05) is 49.6 Å². The average Bonchev–Trinajstić information content (AvgIpc) is 3.18. The van der Waals surface area contributed by atoms with E-state index in [0.29, 0.717) is 17.6 Å². The number of carbonyl (C=O) groups is 1. The van der Waals surface area contributed by atoms with Crippen molar-refractivity contribution < 1.29 is 14.6 Å². The van der Waals surface area contributed by atoms with Gasteiger partial charge in [0, 0.05) is 18.0 Å². The Labute approximate surface area is 156 Å². The Morgan fingerprint density at radius 3 is 2.27 bits per heavy atom. The summed E-state index contributed by atoms with van der Waals surface area (Å²) in [4.78, 5) is 15.7. The van der Waals surface area contributed by atoms with Gasteiger partial charge in [0.25, 0.3) is 0 Å². The summed E-state index contributed by atoms with van der Waals surface area (Å²) < 4.78 is 5.99. The topological polar surface area (TPSA) is 49.8 Å². The molecule has 3 unspecified atom stereocenters.